The Hall–Kier alpha value is -0.570. The molecule has 0 aromatic rings. The van der Waals surface area contributed by atoms with Crippen LogP contribution in [0.5, 0.6) is 0 Å². The maximum atomic E-state index is 11.6. The Kier molecular flexibility index (Phi) is 3.23. The van der Waals surface area contributed by atoms with Gasteiger partial charge in [0, 0.05) is 0 Å². The van der Waals surface area contributed by atoms with Crippen molar-refractivity contribution in [2.24, 2.45) is 11.3 Å². The fourth-order valence-corrected chi connectivity index (χ4v) is 3.03. The number of rotatable bonds is 2. The van der Waals surface area contributed by atoms with Crippen LogP contribution in [0.15, 0.2) is 0 Å². The smallest absolute Gasteiger partial charge is 0.338 e. The molecule has 0 aromatic heterocycles. The molecule has 1 aliphatic carbocycles. The van der Waals surface area contributed by atoms with Gasteiger partial charge in [0.2, 0.25) is 0 Å². The normalized spacial score (nSPS) is 36.9. The zero-order chi connectivity index (χ0) is 12.7. The first-order valence-corrected chi connectivity index (χ1v) is 6.73. The number of carbonyl (C=O) groups is 1. The van der Waals surface area contributed by atoms with Crippen LogP contribution in [0.3, 0.4) is 0 Å². The summed E-state index contributed by atoms with van der Waals surface area (Å²) in [5.74, 6) is 0.585. The highest BCUT2D eigenvalue weighted by atomic mass is 16.7. The lowest BCUT2D eigenvalue weighted by Gasteiger charge is -2.36. The van der Waals surface area contributed by atoms with Gasteiger partial charge < -0.3 is 9.47 Å². The highest BCUT2D eigenvalue weighted by Gasteiger charge is 2.62. The van der Waals surface area contributed by atoms with E-state index in [0.29, 0.717) is 12.0 Å². The van der Waals surface area contributed by atoms with Gasteiger partial charge in [0.05, 0.1) is 6.61 Å². The Morgan fingerprint density at radius 2 is 1.94 bits per heavy atom. The van der Waals surface area contributed by atoms with E-state index in [1.54, 1.807) is 0 Å². The molecule has 1 saturated carbocycles. The Labute approximate surface area is 104 Å². The fraction of sp³-hybridized carbons (Fsp3) is 0.929. The summed E-state index contributed by atoms with van der Waals surface area (Å²) in [6.45, 7) is 9.17. The third kappa shape index (κ3) is 2.49. The molecule has 3 nitrogen and oxygen atoms in total. The summed E-state index contributed by atoms with van der Waals surface area (Å²) >= 11 is 0. The zero-order valence-electron chi connectivity index (χ0n) is 11.4. The van der Waals surface area contributed by atoms with Gasteiger partial charge in [-0.15, -0.1) is 0 Å². The molecule has 17 heavy (non-hydrogen) atoms. The molecule has 98 valence electrons. The number of epoxide rings is 1. The van der Waals surface area contributed by atoms with Gasteiger partial charge in [-0.25, -0.2) is 4.79 Å². The molecule has 0 radical (unpaired) electrons. The minimum atomic E-state index is -0.275. The highest BCUT2D eigenvalue weighted by molar-refractivity contribution is 5.79. The van der Waals surface area contributed by atoms with Crippen molar-refractivity contribution in [3.05, 3.63) is 0 Å². The molecule has 0 bridgehead atoms. The quantitative estimate of drug-likeness (QED) is 0.550. The van der Waals surface area contributed by atoms with E-state index in [-0.39, 0.29) is 17.7 Å². The lowest BCUT2D eigenvalue weighted by atomic mass is 9.69. The lowest BCUT2D eigenvalue weighted by Crippen LogP contribution is -2.32. The van der Waals surface area contributed by atoms with Gasteiger partial charge in [-0.3, -0.25) is 0 Å². The average Bonchev–Trinajstić information content (AvgIpc) is 2.92. The van der Waals surface area contributed by atoms with Crippen molar-refractivity contribution in [2.75, 3.05) is 6.61 Å². The van der Waals surface area contributed by atoms with E-state index in [2.05, 4.69) is 20.8 Å². The number of ether oxygens (including phenoxy) is 2. The summed E-state index contributed by atoms with van der Waals surface area (Å²) in [6, 6.07) is 0. The predicted molar refractivity (Wildman–Crippen MR) is 65.7 cm³/mol. The maximum absolute atomic E-state index is 11.6. The van der Waals surface area contributed by atoms with E-state index in [0.717, 1.165) is 18.8 Å². The first-order chi connectivity index (χ1) is 7.89. The second-order valence-electron chi connectivity index (χ2n) is 6.46. The highest BCUT2D eigenvalue weighted by Crippen LogP contribution is 2.52. The Morgan fingerprint density at radius 1 is 1.35 bits per heavy atom. The topological polar surface area (TPSA) is 38.8 Å². The first kappa shape index (κ1) is 12.9. The SMILES string of the molecule is CCOC(=O)[C@H]1OC12CCC(C(C)(C)C)CC2. The molecule has 2 rings (SSSR count). The van der Waals surface area contributed by atoms with Crippen molar-refractivity contribution >= 4 is 5.97 Å². The third-order valence-electron chi connectivity index (χ3n) is 4.33. The predicted octanol–water partition coefficient (Wildman–Crippen LogP) is 2.92. The number of carbonyl (C=O) groups excluding carboxylic acids is 1. The second kappa shape index (κ2) is 4.27. The van der Waals surface area contributed by atoms with Gasteiger partial charge in [0.25, 0.3) is 0 Å². The molecule has 0 unspecified atom stereocenters. The monoisotopic (exact) mass is 240 g/mol. The van der Waals surface area contributed by atoms with Crippen molar-refractivity contribution < 1.29 is 14.3 Å². The van der Waals surface area contributed by atoms with Crippen LogP contribution >= 0.6 is 0 Å². The van der Waals surface area contributed by atoms with E-state index in [4.69, 9.17) is 9.47 Å². The van der Waals surface area contributed by atoms with Crippen molar-refractivity contribution in [3.63, 3.8) is 0 Å². The van der Waals surface area contributed by atoms with Crippen LogP contribution in [0.4, 0.5) is 0 Å². The van der Waals surface area contributed by atoms with E-state index < -0.39 is 0 Å². The van der Waals surface area contributed by atoms with Gasteiger partial charge in [-0.2, -0.15) is 0 Å². The Bertz CT molecular complexity index is 295. The molecular formula is C14H24O3. The largest absolute Gasteiger partial charge is 0.464 e. The molecule has 1 atom stereocenters. The minimum absolute atomic E-state index is 0.159. The summed E-state index contributed by atoms with van der Waals surface area (Å²) in [5.41, 5.74) is 0.212. The zero-order valence-corrected chi connectivity index (χ0v) is 11.4. The van der Waals surface area contributed by atoms with Crippen LogP contribution in [0.25, 0.3) is 0 Å². The lowest BCUT2D eigenvalue weighted by molar-refractivity contribution is -0.144. The molecule has 2 fully saturated rings. The average molecular weight is 240 g/mol. The van der Waals surface area contributed by atoms with E-state index in [9.17, 15) is 4.79 Å². The molecule has 2 aliphatic rings. The van der Waals surface area contributed by atoms with Gasteiger partial charge in [-0.1, -0.05) is 20.8 Å². The Balaban J connectivity index is 1.87. The van der Waals surface area contributed by atoms with Crippen molar-refractivity contribution in [2.45, 2.75) is 65.1 Å². The summed E-state index contributed by atoms with van der Waals surface area (Å²) < 4.78 is 10.7. The summed E-state index contributed by atoms with van der Waals surface area (Å²) in [6.07, 6.45) is 4.08. The molecule has 3 heteroatoms. The van der Waals surface area contributed by atoms with Crippen molar-refractivity contribution in [3.8, 4) is 0 Å². The molecular weight excluding hydrogens is 216 g/mol. The van der Waals surface area contributed by atoms with Crippen LogP contribution in [0.2, 0.25) is 0 Å². The van der Waals surface area contributed by atoms with E-state index in [1.165, 1.54) is 12.8 Å². The first-order valence-electron chi connectivity index (χ1n) is 6.73. The maximum Gasteiger partial charge on any atom is 0.338 e. The summed E-state index contributed by atoms with van der Waals surface area (Å²) in [4.78, 5) is 11.6. The van der Waals surface area contributed by atoms with Crippen molar-refractivity contribution in [1.82, 2.24) is 0 Å². The summed E-state index contributed by atoms with van der Waals surface area (Å²) in [7, 11) is 0. The standard InChI is InChI=1S/C14H24O3/c1-5-16-12(15)11-14(17-11)8-6-10(7-9-14)13(2,3)4/h10-11H,5-9H2,1-4H3/t10?,11-,14?/m1/s1. The molecule has 0 amide bonds. The van der Waals surface area contributed by atoms with Crippen LogP contribution in [0.1, 0.15) is 53.4 Å². The molecule has 1 spiro atoms. The number of hydrogen-bond acceptors (Lipinski definition) is 3. The van der Waals surface area contributed by atoms with Gasteiger partial charge in [-0.05, 0) is 43.9 Å². The van der Waals surface area contributed by atoms with E-state index in [1.807, 2.05) is 6.92 Å². The van der Waals surface area contributed by atoms with Crippen molar-refractivity contribution in [1.29, 1.82) is 0 Å². The Morgan fingerprint density at radius 3 is 2.41 bits per heavy atom. The van der Waals surface area contributed by atoms with Gasteiger partial charge >= 0.3 is 5.97 Å². The fourth-order valence-electron chi connectivity index (χ4n) is 3.03. The minimum Gasteiger partial charge on any atom is -0.464 e. The van der Waals surface area contributed by atoms with E-state index >= 15 is 0 Å². The summed E-state index contributed by atoms with van der Waals surface area (Å²) in [5, 5.41) is 0. The number of esters is 1. The van der Waals surface area contributed by atoms with Crippen LogP contribution in [0, 0.1) is 11.3 Å². The third-order valence-corrected chi connectivity index (χ3v) is 4.33. The second-order valence-corrected chi connectivity index (χ2v) is 6.46. The molecule has 0 aromatic carbocycles. The van der Waals surface area contributed by atoms with Crippen LogP contribution in [-0.4, -0.2) is 24.3 Å². The van der Waals surface area contributed by atoms with Gasteiger partial charge in [0.1, 0.15) is 5.60 Å². The molecule has 1 aliphatic heterocycles. The van der Waals surface area contributed by atoms with Crippen LogP contribution < -0.4 is 0 Å². The van der Waals surface area contributed by atoms with Gasteiger partial charge in [0.15, 0.2) is 6.10 Å². The number of hydrogen-bond donors (Lipinski definition) is 0. The molecule has 0 N–H and O–H groups in total. The molecule has 1 saturated heterocycles. The van der Waals surface area contributed by atoms with Crippen LogP contribution in [-0.2, 0) is 14.3 Å². The molecule has 1 heterocycles.